The summed E-state index contributed by atoms with van der Waals surface area (Å²) in [5.74, 6) is 0.478. The summed E-state index contributed by atoms with van der Waals surface area (Å²) in [6, 6.07) is 4.00. The number of carbonyl (C=O) groups excluding carboxylic acids is 1. The van der Waals surface area contributed by atoms with Gasteiger partial charge in [-0.2, -0.15) is 0 Å². The molecule has 3 heterocycles. The Morgan fingerprint density at radius 3 is 3.19 bits per heavy atom. The molecule has 0 fully saturated rings. The van der Waals surface area contributed by atoms with Crippen molar-refractivity contribution in [2.24, 2.45) is 5.92 Å². The van der Waals surface area contributed by atoms with E-state index in [0.29, 0.717) is 25.5 Å². The molecule has 0 bridgehead atoms. The van der Waals surface area contributed by atoms with Crippen LogP contribution in [0.1, 0.15) is 10.6 Å². The van der Waals surface area contributed by atoms with E-state index in [0.717, 1.165) is 23.7 Å². The molecule has 0 N–H and O–H groups in total. The first-order valence-corrected chi connectivity index (χ1v) is 7.92. The average Bonchev–Trinajstić information content (AvgIpc) is 3.08. The first-order valence-electron chi connectivity index (χ1n) is 7.04. The molecule has 1 atom stereocenters. The quantitative estimate of drug-likeness (QED) is 0.865. The van der Waals surface area contributed by atoms with Crippen LogP contribution >= 0.6 is 11.3 Å². The van der Waals surface area contributed by atoms with E-state index >= 15 is 0 Å². The van der Waals surface area contributed by atoms with Crippen molar-refractivity contribution >= 4 is 17.2 Å². The summed E-state index contributed by atoms with van der Waals surface area (Å²) in [7, 11) is 1.71. The number of ether oxygens (including phenoxy) is 1. The highest BCUT2D eigenvalue weighted by molar-refractivity contribution is 7.10. The predicted molar refractivity (Wildman–Crippen MR) is 81.0 cm³/mol. The van der Waals surface area contributed by atoms with Gasteiger partial charge >= 0.3 is 0 Å². The van der Waals surface area contributed by atoms with Crippen LogP contribution in [0.5, 0.6) is 0 Å². The van der Waals surface area contributed by atoms with Crippen LogP contribution < -0.4 is 0 Å². The number of hydrogen-bond donors (Lipinski definition) is 0. The van der Waals surface area contributed by atoms with Gasteiger partial charge in [-0.3, -0.25) is 4.79 Å². The summed E-state index contributed by atoms with van der Waals surface area (Å²) in [6.45, 7) is 2.87. The molecule has 1 aliphatic rings. The predicted octanol–water partition coefficient (Wildman–Crippen LogP) is 1.79. The van der Waals surface area contributed by atoms with Crippen molar-refractivity contribution in [1.29, 1.82) is 0 Å². The Morgan fingerprint density at radius 2 is 2.43 bits per heavy atom. The maximum absolute atomic E-state index is 12.6. The molecule has 5 nitrogen and oxygen atoms in total. The van der Waals surface area contributed by atoms with E-state index in [4.69, 9.17) is 4.74 Å². The summed E-state index contributed by atoms with van der Waals surface area (Å²) < 4.78 is 7.42. The number of carbonyl (C=O) groups is 1. The first-order chi connectivity index (χ1) is 10.3. The Bertz CT molecular complexity index is 594. The van der Waals surface area contributed by atoms with Crippen molar-refractivity contribution in [2.75, 3.05) is 20.3 Å². The minimum Gasteiger partial charge on any atom is -0.384 e. The zero-order chi connectivity index (χ0) is 14.7. The lowest BCUT2D eigenvalue weighted by Gasteiger charge is -2.23. The molecule has 0 radical (unpaired) electrons. The van der Waals surface area contributed by atoms with Crippen molar-refractivity contribution in [2.45, 2.75) is 19.5 Å². The van der Waals surface area contributed by atoms with Gasteiger partial charge in [0.25, 0.3) is 0 Å². The number of thiophene rings is 1. The van der Waals surface area contributed by atoms with Gasteiger partial charge < -0.3 is 14.2 Å². The molecule has 112 valence electrons. The first kappa shape index (κ1) is 14.3. The van der Waals surface area contributed by atoms with Gasteiger partial charge in [0.05, 0.1) is 31.6 Å². The molecule has 1 aliphatic heterocycles. The van der Waals surface area contributed by atoms with E-state index in [1.165, 1.54) is 0 Å². The smallest absolute Gasteiger partial charge is 0.228 e. The molecule has 2 aromatic heterocycles. The molecule has 0 aliphatic carbocycles. The van der Waals surface area contributed by atoms with Crippen molar-refractivity contribution < 1.29 is 9.53 Å². The molecule has 0 spiro atoms. The molecular formula is C15H19N3O2S. The number of rotatable bonds is 4. The molecule has 0 saturated heterocycles. The Kier molecular flexibility index (Phi) is 4.36. The van der Waals surface area contributed by atoms with E-state index in [2.05, 4.69) is 9.55 Å². The Labute approximate surface area is 128 Å². The van der Waals surface area contributed by atoms with Crippen LogP contribution in [-0.4, -0.2) is 40.6 Å². The van der Waals surface area contributed by atoms with Gasteiger partial charge in [0.15, 0.2) is 0 Å². The van der Waals surface area contributed by atoms with Crippen molar-refractivity contribution in [3.05, 3.63) is 40.6 Å². The SMILES string of the molecule is COC[C@@H]1CN(C(=O)Cc2cccs2)Cc2cncn2C1. The highest BCUT2D eigenvalue weighted by Gasteiger charge is 2.25. The molecule has 1 amide bonds. The number of fused-ring (bicyclic) bond motifs is 1. The molecular weight excluding hydrogens is 286 g/mol. The lowest BCUT2D eigenvalue weighted by atomic mass is 10.1. The Morgan fingerprint density at radius 1 is 1.52 bits per heavy atom. The summed E-state index contributed by atoms with van der Waals surface area (Å²) in [5.41, 5.74) is 1.09. The number of methoxy groups -OCH3 is 1. The van der Waals surface area contributed by atoms with E-state index in [-0.39, 0.29) is 5.91 Å². The van der Waals surface area contributed by atoms with Gasteiger partial charge in [0, 0.05) is 37.2 Å². The van der Waals surface area contributed by atoms with Crippen LogP contribution in [0.2, 0.25) is 0 Å². The van der Waals surface area contributed by atoms with E-state index in [1.54, 1.807) is 18.4 Å². The molecule has 0 aromatic carbocycles. The maximum Gasteiger partial charge on any atom is 0.228 e. The minimum absolute atomic E-state index is 0.174. The number of aromatic nitrogens is 2. The fraction of sp³-hybridized carbons (Fsp3) is 0.467. The molecule has 3 rings (SSSR count). The van der Waals surface area contributed by atoms with Crippen LogP contribution in [0.15, 0.2) is 30.0 Å². The second-order valence-electron chi connectivity index (χ2n) is 5.39. The molecule has 6 heteroatoms. The van der Waals surface area contributed by atoms with Crippen LogP contribution in [0, 0.1) is 5.92 Å². The van der Waals surface area contributed by atoms with Crippen LogP contribution in [0.25, 0.3) is 0 Å². The average molecular weight is 305 g/mol. The summed E-state index contributed by atoms with van der Waals surface area (Å²) in [6.07, 6.45) is 4.16. The molecule has 2 aromatic rings. The lowest BCUT2D eigenvalue weighted by Crippen LogP contribution is -2.36. The second-order valence-corrected chi connectivity index (χ2v) is 6.42. The van der Waals surface area contributed by atoms with Crippen LogP contribution in [0.4, 0.5) is 0 Å². The Balaban J connectivity index is 1.75. The largest absolute Gasteiger partial charge is 0.384 e. The van der Waals surface area contributed by atoms with Gasteiger partial charge in [-0.25, -0.2) is 4.98 Å². The van der Waals surface area contributed by atoms with Gasteiger partial charge in [-0.05, 0) is 11.4 Å². The van der Waals surface area contributed by atoms with E-state index in [1.807, 2.05) is 34.9 Å². The summed E-state index contributed by atoms with van der Waals surface area (Å²) in [4.78, 5) is 19.8. The summed E-state index contributed by atoms with van der Waals surface area (Å²) >= 11 is 1.63. The minimum atomic E-state index is 0.174. The van der Waals surface area contributed by atoms with Crippen LogP contribution in [-0.2, 0) is 29.0 Å². The zero-order valence-corrected chi connectivity index (χ0v) is 12.9. The third-order valence-electron chi connectivity index (χ3n) is 3.75. The standard InChI is InChI=1S/C15H19N3O2S/c1-20-10-12-7-17(9-13-6-16-11-18(13)8-12)15(19)5-14-3-2-4-21-14/h2-4,6,11-12H,5,7-10H2,1H3/t12-/m1/s1. The highest BCUT2D eigenvalue weighted by atomic mass is 32.1. The number of imidazole rings is 1. The van der Waals surface area contributed by atoms with Gasteiger partial charge in [-0.1, -0.05) is 6.07 Å². The Hall–Kier alpha value is -1.66. The van der Waals surface area contributed by atoms with Gasteiger partial charge in [-0.15, -0.1) is 11.3 Å². The van der Waals surface area contributed by atoms with Crippen LogP contribution in [0.3, 0.4) is 0 Å². The monoisotopic (exact) mass is 305 g/mol. The lowest BCUT2D eigenvalue weighted by molar-refractivity contribution is -0.131. The van der Waals surface area contributed by atoms with Crippen molar-refractivity contribution in [3.63, 3.8) is 0 Å². The highest BCUT2D eigenvalue weighted by Crippen LogP contribution is 2.18. The van der Waals surface area contributed by atoms with E-state index < -0.39 is 0 Å². The third kappa shape index (κ3) is 3.33. The zero-order valence-electron chi connectivity index (χ0n) is 12.1. The van der Waals surface area contributed by atoms with Crippen molar-refractivity contribution in [1.82, 2.24) is 14.5 Å². The number of nitrogens with zero attached hydrogens (tertiary/aromatic N) is 3. The molecule has 0 saturated carbocycles. The topological polar surface area (TPSA) is 47.4 Å². The van der Waals surface area contributed by atoms with Gasteiger partial charge in [0.2, 0.25) is 5.91 Å². The second kappa shape index (κ2) is 6.41. The fourth-order valence-electron chi connectivity index (χ4n) is 2.76. The molecule has 0 unspecified atom stereocenters. The number of amides is 1. The molecule has 21 heavy (non-hydrogen) atoms. The van der Waals surface area contributed by atoms with Crippen molar-refractivity contribution in [3.8, 4) is 0 Å². The normalized spacial score (nSPS) is 18.3. The van der Waals surface area contributed by atoms with Gasteiger partial charge in [0.1, 0.15) is 0 Å². The maximum atomic E-state index is 12.6. The fourth-order valence-corrected chi connectivity index (χ4v) is 3.45. The third-order valence-corrected chi connectivity index (χ3v) is 4.62. The van der Waals surface area contributed by atoms with E-state index in [9.17, 15) is 4.79 Å². The number of hydrogen-bond acceptors (Lipinski definition) is 4. The summed E-state index contributed by atoms with van der Waals surface area (Å²) in [5, 5.41) is 2.01.